The van der Waals surface area contributed by atoms with Crippen molar-refractivity contribution in [3.8, 4) is 0 Å². The summed E-state index contributed by atoms with van der Waals surface area (Å²) < 4.78 is 13.6. The Balaban J connectivity index is 0.00000181. The molecule has 2 aliphatic rings. The lowest BCUT2D eigenvalue weighted by Crippen LogP contribution is -2.45. The summed E-state index contributed by atoms with van der Waals surface area (Å²) in [4.78, 5) is 5.26. The Bertz CT molecular complexity index is 1260. The summed E-state index contributed by atoms with van der Waals surface area (Å²) in [5.41, 5.74) is 6.91. The maximum absolute atomic E-state index is 13.6. The predicted molar refractivity (Wildman–Crippen MR) is 169 cm³/mol. The molecule has 1 saturated heterocycles. The van der Waals surface area contributed by atoms with Crippen LogP contribution in [0.25, 0.3) is 0 Å². The van der Waals surface area contributed by atoms with Crippen molar-refractivity contribution < 1.29 is 4.39 Å². The van der Waals surface area contributed by atoms with E-state index in [-0.39, 0.29) is 5.82 Å². The fourth-order valence-corrected chi connectivity index (χ4v) is 5.89. The van der Waals surface area contributed by atoms with Crippen molar-refractivity contribution in [3.63, 3.8) is 0 Å². The number of para-hydroxylation sites is 1. The first-order chi connectivity index (χ1) is 19.4. The molecule has 5 heteroatoms. The van der Waals surface area contributed by atoms with E-state index in [1.54, 1.807) is 6.07 Å². The lowest BCUT2D eigenvalue weighted by molar-refractivity contribution is 0.163. The molecular formula is C35H47FN4. The molecule has 0 radical (unpaired) electrons. The number of nitrogens with zero attached hydrogens (tertiary/aromatic N) is 2. The Kier molecular flexibility index (Phi) is 10.4. The molecule has 1 heterocycles. The second-order valence-electron chi connectivity index (χ2n) is 11.4. The molecule has 0 bridgehead atoms. The first kappa shape index (κ1) is 29.8. The highest BCUT2D eigenvalue weighted by atomic mass is 19.1. The third kappa shape index (κ3) is 7.72. The molecule has 214 valence electrons. The second-order valence-corrected chi connectivity index (χ2v) is 11.4. The minimum absolute atomic E-state index is 0.271. The van der Waals surface area contributed by atoms with Crippen LogP contribution in [0.5, 0.6) is 0 Å². The largest absolute Gasteiger partial charge is 0.368 e. The molecule has 4 nitrogen and oxygen atoms in total. The van der Waals surface area contributed by atoms with E-state index in [4.69, 9.17) is 5.41 Å². The summed E-state index contributed by atoms with van der Waals surface area (Å²) in [6, 6.07) is 22.2. The maximum atomic E-state index is 13.6. The maximum Gasteiger partial charge on any atom is 0.125 e. The number of benzene rings is 3. The van der Waals surface area contributed by atoms with Crippen LogP contribution in [0.1, 0.15) is 70.1 Å². The summed E-state index contributed by atoms with van der Waals surface area (Å²) in [5, 5.41) is 11.6. The third-order valence-corrected chi connectivity index (χ3v) is 8.38. The van der Waals surface area contributed by atoms with E-state index in [1.807, 2.05) is 32.9 Å². The van der Waals surface area contributed by atoms with Gasteiger partial charge in [-0.25, -0.2) is 4.39 Å². The zero-order valence-corrected chi connectivity index (χ0v) is 25.0. The van der Waals surface area contributed by atoms with E-state index >= 15 is 0 Å². The van der Waals surface area contributed by atoms with E-state index in [0.29, 0.717) is 23.4 Å². The lowest BCUT2D eigenvalue weighted by Gasteiger charge is -2.41. The van der Waals surface area contributed by atoms with Crippen LogP contribution in [0.4, 0.5) is 21.5 Å². The zero-order valence-electron chi connectivity index (χ0n) is 25.0. The first-order valence-electron chi connectivity index (χ1n) is 15.1. The molecule has 1 aliphatic carbocycles. The van der Waals surface area contributed by atoms with E-state index in [1.165, 1.54) is 61.2 Å². The van der Waals surface area contributed by atoms with Gasteiger partial charge in [0.1, 0.15) is 5.82 Å². The molecule has 40 heavy (non-hydrogen) atoms. The first-order valence-corrected chi connectivity index (χ1v) is 15.1. The number of anilines is 3. The van der Waals surface area contributed by atoms with Crippen LogP contribution in [0.15, 0.2) is 66.7 Å². The second kappa shape index (κ2) is 13.9. The average molecular weight is 543 g/mol. The number of likely N-dealkylation sites (tertiary alicyclic amines) is 1. The minimum Gasteiger partial charge on any atom is -0.368 e. The van der Waals surface area contributed by atoms with Gasteiger partial charge in [0.25, 0.3) is 0 Å². The molecule has 3 aromatic carbocycles. The number of rotatable bonds is 10. The molecular weight excluding hydrogens is 495 g/mol. The van der Waals surface area contributed by atoms with Crippen molar-refractivity contribution in [2.75, 3.05) is 29.9 Å². The number of aryl methyl sites for hydroxylation is 1. The Morgan fingerprint density at radius 2 is 1.73 bits per heavy atom. The molecule has 1 aliphatic heterocycles. The molecule has 1 atom stereocenters. The van der Waals surface area contributed by atoms with Gasteiger partial charge < -0.3 is 15.6 Å². The summed E-state index contributed by atoms with van der Waals surface area (Å²) in [6.07, 6.45) is 5.18. The van der Waals surface area contributed by atoms with Crippen molar-refractivity contribution in [1.29, 1.82) is 5.41 Å². The molecule has 0 aromatic heterocycles. The van der Waals surface area contributed by atoms with E-state index < -0.39 is 0 Å². The van der Waals surface area contributed by atoms with Crippen LogP contribution >= 0.6 is 0 Å². The average Bonchev–Trinajstić information content (AvgIpc) is 3.78. The predicted octanol–water partition coefficient (Wildman–Crippen LogP) is 8.81. The van der Waals surface area contributed by atoms with Gasteiger partial charge in [0.2, 0.25) is 0 Å². The SMILES string of the molecule is CC.CC(=N)c1cc(CN2CCC(C(C)N(CC3CC3)c3ccccc3C)CC2)ccc1Nc1cccc(F)c1. The fourth-order valence-electron chi connectivity index (χ4n) is 5.89. The number of halogens is 1. The fraction of sp³-hybridized carbons (Fsp3) is 0.457. The topological polar surface area (TPSA) is 42.4 Å². The van der Waals surface area contributed by atoms with Gasteiger partial charge in [-0.15, -0.1) is 0 Å². The van der Waals surface area contributed by atoms with Gasteiger partial charge in [0, 0.05) is 47.5 Å². The van der Waals surface area contributed by atoms with Gasteiger partial charge in [-0.1, -0.05) is 44.2 Å². The Morgan fingerprint density at radius 1 is 1.00 bits per heavy atom. The van der Waals surface area contributed by atoms with Crippen LogP contribution in [-0.4, -0.2) is 36.3 Å². The minimum atomic E-state index is -0.271. The van der Waals surface area contributed by atoms with E-state index in [2.05, 4.69) is 65.4 Å². The van der Waals surface area contributed by atoms with Gasteiger partial charge in [-0.05, 0) is 119 Å². The molecule has 3 aromatic rings. The van der Waals surface area contributed by atoms with E-state index in [0.717, 1.165) is 36.8 Å². The smallest absolute Gasteiger partial charge is 0.125 e. The molecule has 1 saturated carbocycles. The van der Waals surface area contributed by atoms with Gasteiger partial charge in [0.15, 0.2) is 0 Å². The quantitative estimate of drug-likeness (QED) is 0.252. The van der Waals surface area contributed by atoms with E-state index in [9.17, 15) is 4.39 Å². The van der Waals surface area contributed by atoms with Crippen LogP contribution < -0.4 is 10.2 Å². The Labute approximate surface area is 241 Å². The number of hydrogen-bond acceptors (Lipinski definition) is 4. The summed E-state index contributed by atoms with van der Waals surface area (Å²) in [7, 11) is 0. The van der Waals surface area contributed by atoms with Gasteiger partial charge >= 0.3 is 0 Å². The molecule has 5 rings (SSSR count). The summed E-state index contributed by atoms with van der Waals surface area (Å²) in [6.45, 7) is 14.8. The molecule has 1 unspecified atom stereocenters. The van der Waals surface area contributed by atoms with Crippen LogP contribution in [0.3, 0.4) is 0 Å². The van der Waals surface area contributed by atoms with Crippen molar-refractivity contribution in [2.45, 2.75) is 72.9 Å². The lowest BCUT2D eigenvalue weighted by atomic mass is 9.88. The van der Waals surface area contributed by atoms with Crippen LogP contribution in [0.2, 0.25) is 0 Å². The Morgan fingerprint density at radius 3 is 2.38 bits per heavy atom. The zero-order chi connectivity index (χ0) is 28.6. The summed E-state index contributed by atoms with van der Waals surface area (Å²) in [5.74, 6) is 1.29. The summed E-state index contributed by atoms with van der Waals surface area (Å²) >= 11 is 0. The highest BCUT2D eigenvalue weighted by molar-refractivity contribution is 6.02. The van der Waals surface area contributed by atoms with Gasteiger partial charge in [0.05, 0.1) is 0 Å². The van der Waals surface area contributed by atoms with Crippen LogP contribution in [0, 0.1) is 30.0 Å². The molecule has 0 spiro atoms. The van der Waals surface area contributed by atoms with Crippen LogP contribution in [-0.2, 0) is 6.54 Å². The Hall–Kier alpha value is -3.18. The molecule has 0 amide bonds. The monoisotopic (exact) mass is 542 g/mol. The van der Waals surface area contributed by atoms with Gasteiger partial charge in [-0.3, -0.25) is 4.90 Å². The normalized spacial score (nSPS) is 16.6. The van der Waals surface area contributed by atoms with Crippen molar-refractivity contribution in [1.82, 2.24) is 4.90 Å². The van der Waals surface area contributed by atoms with Crippen molar-refractivity contribution in [2.24, 2.45) is 11.8 Å². The van der Waals surface area contributed by atoms with Crippen molar-refractivity contribution in [3.05, 3.63) is 89.2 Å². The highest BCUT2D eigenvalue weighted by Crippen LogP contribution is 2.36. The third-order valence-electron chi connectivity index (χ3n) is 8.38. The number of hydrogen-bond donors (Lipinski definition) is 2. The molecule has 2 N–H and O–H groups in total. The molecule has 2 fully saturated rings. The van der Waals surface area contributed by atoms with Gasteiger partial charge in [-0.2, -0.15) is 0 Å². The number of nitrogens with one attached hydrogen (secondary N) is 2. The standard InChI is InChI=1S/C33H41FN4.C2H6/c1-23-7-4-5-10-33(23)38(22-26-11-12-26)25(3)28-15-17-37(18-16-28)21-27-13-14-32(31(19-27)24(2)35)36-30-9-6-8-29(34)20-30;1-2/h4-10,13-14,19-20,25-26,28,35-36H,11-12,15-18,21-22H2,1-3H3;1-2H3. The highest BCUT2D eigenvalue weighted by Gasteiger charge is 2.32. The number of piperidine rings is 1. The van der Waals surface area contributed by atoms with Crippen molar-refractivity contribution >= 4 is 22.8 Å².